The molecule has 2 aromatic carbocycles. The molecule has 0 bridgehead atoms. The SMILES string of the molecule is CCN(CC1CC(c2ccc(C)cc2)=NO1)C(=O)C1CC1c1ccccc1. The van der Waals surface area contributed by atoms with Gasteiger partial charge in [0.05, 0.1) is 12.3 Å². The lowest BCUT2D eigenvalue weighted by atomic mass is 10.0. The monoisotopic (exact) mass is 362 g/mol. The summed E-state index contributed by atoms with van der Waals surface area (Å²) < 4.78 is 0. The van der Waals surface area contributed by atoms with E-state index in [0.29, 0.717) is 19.0 Å². The van der Waals surface area contributed by atoms with Crippen molar-refractivity contribution in [3.63, 3.8) is 0 Å². The van der Waals surface area contributed by atoms with Crippen molar-refractivity contribution < 1.29 is 9.63 Å². The molecule has 4 rings (SSSR count). The first-order chi connectivity index (χ1) is 13.2. The molecule has 0 radical (unpaired) electrons. The van der Waals surface area contributed by atoms with Gasteiger partial charge in [-0.2, -0.15) is 0 Å². The maximum absolute atomic E-state index is 12.9. The predicted molar refractivity (Wildman–Crippen MR) is 107 cm³/mol. The Morgan fingerprint density at radius 1 is 1.15 bits per heavy atom. The lowest BCUT2D eigenvalue weighted by Gasteiger charge is -2.23. The Labute approximate surface area is 160 Å². The van der Waals surface area contributed by atoms with Gasteiger partial charge in [0.25, 0.3) is 0 Å². The van der Waals surface area contributed by atoms with E-state index in [1.54, 1.807) is 0 Å². The van der Waals surface area contributed by atoms with Crippen LogP contribution in [0.25, 0.3) is 0 Å². The molecule has 2 aliphatic rings. The van der Waals surface area contributed by atoms with Crippen molar-refractivity contribution in [1.82, 2.24) is 4.90 Å². The highest BCUT2D eigenvalue weighted by Gasteiger charge is 2.45. The summed E-state index contributed by atoms with van der Waals surface area (Å²) in [6.07, 6.45) is 1.65. The van der Waals surface area contributed by atoms with Crippen LogP contribution in [0.4, 0.5) is 0 Å². The highest BCUT2D eigenvalue weighted by molar-refractivity contribution is 6.01. The maximum Gasteiger partial charge on any atom is 0.226 e. The number of oxime groups is 1. The fourth-order valence-corrected chi connectivity index (χ4v) is 3.83. The highest BCUT2D eigenvalue weighted by atomic mass is 16.6. The molecule has 0 N–H and O–H groups in total. The lowest BCUT2D eigenvalue weighted by Crippen LogP contribution is -2.38. The van der Waals surface area contributed by atoms with E-state index in [2.05, 4.69) is 48.5 Å². The van der Waals surface area contributed by atoms with Gasteiger partial charge in [-0.25, -0.2) is 0 Å². The van der Waals surface area contributed by atoms with Gasteiger partial charge in [-0.3, -0.25) is 4.79 Å². The van der Waals surface area contributed by atoms with E-state index in [1.165, 1.54) is 11.1 Å². The average molecular weight is 362 g/mol. The quantitative estimate of drug-likeness (QED) is 0.775. The number of hydrogen-bond donors (Lipinski definition) is 0. The summed E-state index contributed by atoms with van der Waals surface area (Å²) in [5.41, 5.74) is 4.57. The molecule has 1 aliphatic carbocycles. The number of nitrogens with zero attached hydrogens (tertiary/aromatic N) is 2. The fraction of sp³-hybridized carbons (Fsp3) is 0.391. The fourth-order valence-electron chi connectivity index (χ4n) is 3.83. The Bertz CT molecular complexity index is 829. The molecule has 0 saturated heterocycles. The number of hydrogen-bond acceptors (Lipinski definition) is 3. The van der Waals surface area contributed by atoms with E-state index >= 15 is 0 Å². The Morgan fingerprint density at radius 3 is 2.59 bits per heavy atom. The van der Waals surface area contributed by atoms with Gasteiger partial charge < -0.3 is 9.74 Å². The molecule has 1 saturated carbocycles. The van der Waals surface area contributed by atoms with Crippen molar-refractivity contribution in [2.45, 2.75) is 38.7 Å². The first kappa shape index (κ1) is 17.8. The van der Waals surface area contributed by atoms with Crippen LogP contribution in [0, 0.1) is 12.8 Å². The second-order valence-corrected chi connectivity index (χ2v) is 7.57. The van der Waals surface area contributed by atoms with E-state index < -0.39 is 0 Å². The van der Waals surface area contributed by atoms with E-state index in [4.69, 9.17) is 4.84 Å². The summed E-state index contributed by atoms with van der Waals surface area (Å²) in [6, 6.07) is 18.7. The molecule has 3 unspecified atom stereocenters. The zero-order valence-electron chi connectivity index (χ0n) is 16.0. The first-order valence-electron chi connectivity index (χ1n) is 9.79. The molecule has 1 heterocycles. The first-order valence-corrected chi connectivity index (χ1v) is 9.79. The third kappa shape index (κ3) is 3.90. The number of likely N-dealkylation sites (N-methyl/N-ethyl adjacent to an activating group) is 1. The lowest BCUT2D eigenvalue weighted by molar-refractivity contribution is -0.134. The van der Waals surface area contributed by atoms with Crippen molar-refractivity contribution in [3.05, 3.63) is 71.3 Å². The van der Waals surface area contributed by atoms with Crippen molar-refractivity contribution >= 4 is 11.6 Å². The van der Waals surface area contributed by atoms with Crippen molar-refractivity contribution in [3.8, 4) is 0 Å². The predicted octanol–water partition coefficient (Wildman–Crippen LogP) is 4.14. The van der Waals surface area contributed by atoms with Crippen LogP contribution < -0.4 is 0 Å². The smallest absolute Gasteiger partial charge is 0.226 e. The van der Waals surface area contributed by atoms with Crippen LogP contribution in [-0.4, -0.2) is 35.7 Å². The average Bonchev–Trinajstić information content (AvgIpc) is 3.38. The molecule has 2 aromatic rings. The van der Waals surface area contributed by atoms with Gasteiger partial charge in [0, 0.05) is 18.9 Å². The minimum Gasteiger partial charge on any atom is -0.390 e. The number of benzene rings is 2. The Morgan fingerprint density at radius 2 is 1.89 bits per heavy atom. The summed E-state index contributed by atoms with van der Waals surface area (Å²) in [5.74, 6) is 0.738. The van der Waals surface area contributed by atoms with Crippen LogP contribution >= 0.6 is 0 Å². The van der Waals surface area contributed by atoms with Gasteiger partial charge in [-0.1, -0.05) is 65.3 Å². The van der Waals surface area contributed by atoms with Crippen LogP contribution in [0.3, 0.4) is 0 Å². The summed E-state index contributed by atoms with van der Waals surface area (Å²) in [7, 11) is 0. The molecule has 1 aliphatic heterocycles. The maximum atomic E-state index is 12.9. The molecule has 4 nitrogen and oxygen atoms in total. The topological polar surface area (TPSA) is 41.9 Å². The third-order valence-corrected chi connectivity index (χ3v) is 5.57. The molecule has 4 heteroatoms. The summed E-state index contributed by atoms with van der Waals surface area (Å²) in [6.45, 7) is 5.42. The van der Waals surface area contributed by atoms with Gasteiger partial charge in [-0.05, 0) is 37.3 Å². The van der Waals surface area contributed by atoms with E-state index in [1.807, 2.05) is 30.0 Å². The van der Waals surface area contributed by atoms with Gasteiger partial charge >= 0.3 is 0 Å². The minimum atomic E-state index is -0.0564. The molecular formula is C23H26N2O2. The molecule has 27 heavy (non-hydrogen) atoms. The second-order valence-electron chi connectivity index (χ2n) is 7.57. The van der Waals surface area contributed by atoms with Gasteiger partial charge in [-0.15, -0.1) is 0 Å². The van der Waals surface area contributed by atoms with E-state index in [0.717, 1.165) is 24.1 Å². The zero-order valence-corrected chi connectivity index (χ0v) is 16.0. The van der Waals surface area contributed by atoms with Gasteiger partial charge in [0.15, 0.2) is 6.10 Å². The molecule has 0 spiro atoms. The number of amides is 1. The van der Waals surface area contributed by atoms with Crippen LogP contribution in [0.2, 0.25) is 0 Å². The Balaban J connectivity index is 1.33. The van der Waals surface area contributed by atoms with Crippen LogP contribution in [0.1, 0.15) is 42.4 Å². The zero-order chi connectivity index (χ0) is 18.8. The highest BCUT2D eigenvalue weighted by Crippen LogP contribution is 2.48. The molecule has 1 amide bonds. The normalized spacial score (nSPS) is 23.5. The summed E-state index contributed by atoms with van der Waals surface area (Å²) in [4.78, 5) is 20.5. The number of aryl methyl sites for hydroxylation is 1. The van der Waals surface area contributed by atoms with Crippen molar-refractivity contribution in [1.29, 1.82) is 0 Å². The third-order valence-electron chi connectivity index (χ3n) is 5.57. The molecule has 3 atom stereocenters. The van der Waals surface area contributed by atoms with Crippen molar-refractivity contribution in [2.75, 3.05) is 13.1 Å². The summed E-state index contributed by atoms with van der Waals surface area (Å²) >= 11 is 0. The summed E-state index contributed by atoms with van der Waals surface area (Å²) in [5, 5.41) is 4.27. The number of rotatable bonds is 6. The Kier molecular flexibility index (Phi) is 4.97. The molecular weight excluding hydrogens is 336 g/mol. The Hall–Kier alpha value is -2.62. The molecule has 1 fully saturated rings. The van der Waals surface area contributed by atoms with Gasteiger partial charge in [0.1, 0.15) is 0 Å². The largest absolute Gasteiger partial charge is 0.390 e. The number of carbonyl (C=O) groups is 1. The van der Waals surface area contributed by atoms with Crippen molar-refractivity contribution in [2.24, 2.45) is 11.1 Å². The second kappa shape index (κ2) is 7.55. The van der Waals surface area contributed by atoms with E-state index in [-0.39, 0.29) is 17.9 Å². The van der Waals surface area contributed by atoms with E-state index in [9.17, 15) is 4.79 Å². The minimum absolute atomic E-state index is 0.0564. The molecule has 0 aromatic heterocycles. The number of carbonyl (C=O) groups excluding carboxylic acids is 1. The van der Waals surface area contributed by atoms with Crippen LogP contribution in [0.5, 0.6) is 0 Å². The molecule has 140 valence electrons. The van der Waals surface area contributed by atoms with Crippen LogP contribution in [-0.2, 0) is 9.63 Å². The van der Waals surface area contributed by atoms with Crippen LogP contribution in [0.15, 0.2) is 59.8 Å². The standard InChI is InChI=1S/C23H26N2O2/c1-3-25(23(26)21-14-20(21)17-7-5-4-6-8-17)15-19-13-22(24-27-19)18-11-9-16(2)10-12-18/h4-12,19-21H,3,13-15H2,1-2H3. The van der Waals surface area contributed by atoms with Gasteiger partial charge in [0.2, 0.25) is 5.91 Å².